The average molecular weight is 296 g/mol. The molecule has 1 spiro atoms. The molecule has 3 rings (SSSR count). The average Bonchev–Trinajstić information content (AvgIpc) is 2.41. The number of benzene rings is 1. The second-order valence-corrected chi connectivity index (χ2v) is 8.35. The predicted octanol–water partition coefficient (Wildman–Crippen LogP) is 5.94. The van der Waals surface area contributed by atoms with Gasteiger partial charge in [-0.3, -0.25) is 0 Å². The van der Waals surface area contributed by atoms with Crippen LogP contribution in [0.4, 0.5) is 0 Å². The third-order valence-electron chi connectivity index (χ3n) is 5.00. The van der Waals surface area contributed by atoms with Crippen molar-refractivity contribution < 1.29 is 0 Å². The minimum absolute atomic E-state index is 0.292. The van der Waals surface area contributed by atoms with E-state index in [2.05, 4.69) is 70.0 Å². The van der Waals surface area contributed by atoms with Crippen LogP contribution in [0.3, 0.4) is 0 Å². The summed E-state index contributed by atoms with van der Waals surface area (Å²) in [6.07, 6.45) is 3.59. The van der Waals surface area contributed by atoms with Gasteiger partial charge in [0.05, 0.1) is 0 Å². The van der Waals surface area contributed by atoms with Crippen LogP contribution in [-0.4, -0.2) is 10.00 Å². The molecule has 110 valence electrons. The minimum Gasteiger partial charge on any atom is -0.147 e. The van der Waals surface area contributed by atoms with Gasteiger partial charge < -0.3 is 0 Å². The molecular weight excluding hydrogens is 272 g/mol. The van der Waals surface area contributed by atoms with E-state index < -0.39 is 0 Å². The Morgan fingerprint density at radius 3 is 2.57 bits per heavy atom. The van der Waals surface area contributed by atoms with E-state index in [9.17, 15) is 0 Å². The Kier molecular flexibility index (Phi) is 3.65. The molecular formula is C20H24S. The van der Waals surface area contributed by atoms with Crippen LogP contribution in [0.25, 0.3) is 5.57 Å². The van der Waals surface area contributed by atoms with Crippen molar-refractivity contribution in [3.05, 3.63) is 65.3 Å². The molecule has 0 amide bonds. The molecule has 21 heavy (non-hydrogen) atoms. The first kappa shape index (κ1) is 14.7. The quantitative estimate of drug-likeness (QED) is 0.618. The zero-order valence-electron chi connectivity index (χ0n) is 13.3. The van der Waals surface area contributed by atoms with Gasteiger partial charge in [-0.25, -0.2) is 0 Å². The molecule has 0 nitrogen and oxygen atoms in total. The van der Waals surface area contributed by atoms with Crippen LogP contribution in [0.15, 0.2) is 54.1 Å². The van der Waals surface area contributed by atoms with E-state index in [0.717, 1.165) is 11.7 Å². The topological polar surface area (TPSA) is 0 Å². The molecule has 0 aromatic heterocycles. The number of aryl methyl sites for hydroxylation is 1. The molecule has 1 heteroatoms. The maximum atomic E-state index is 4.49. The van der Waals surface area contributed by atoms with E-state index in [-0.39, 0.29) is 0 Å². The Balaban J connectivity index is 2.06. The van der Waals surface area contributed by atoms with E-state index in [0.29, 0.717) is 4.75 Å². The van der Waals surface area contributed by atoms with Crippen molar-refractivity contribution in [1.29, 1.82) is 0 Å². The van der Waals surface area contributed by atoms with Gasteiger partial charge in [-0.15, -0.1) is 11.8 Å². The van der Waals surface area contributed by atoms with Gasteiger partial charge >= 0.3 is 0 Å². The molecule has 1 aromatic carbocycles. The molecule has 1 aliphatic heterocycles. The third-order valence-corrected chi connectivity index (χ3v) is 6.64. The Morgan fingerprint density at radius 2 is 1.95 bits per heavy atom. The molecule has 1 saturated heterocycles. The SMILES string of the molecule is C=C1CCC2(CC(C)S2)C(=C)/C1=C(\C)c1ccccc1C. The molecule has 1 saturated carbocycles. The lowest BCUT2D eigenvalue weighted by molar-refractivity contribution is 0.508. The zero-order chi connectivity index (χ0) is 15.2. The van der Waals surface area contributed by atoms with Crippen molar-refractivity contribution >= 4 is 17.3 Å². The summed E-state index contributed by atoms with van der Waals surface area (Å²) in [5.74, 6) is 0. The first-order valence-corrected chi connectivity index (χ1v) is 8.65. The molecule has 2 aliphatic rings. The summed E-state index contributed by atoms with van der Waals surface area (Å²) in [4.78, 5) is 0. The number of hydrogen-bond acceptors (Lipinski definition) is 1. The molecule has 0 N–H and O–H groups in total. The number of hydrogen-bond donors (Lipinski definition) is 0. The highest BCUT2D eigenvalue weighted by molar-refractivity contribution is 8.02. The molecule has 1 aliphatic carbocycles. The first-order chi connectivity index (χ1) is 9.94. The van der Waals surface area contributed by atoms with E-state index >= 15 is 0 Å². The minimum atomic E-state index is 0.292. The third kappa shape index (κ3) is 2.32. The number of rotatable bonds is 1. The maximum Gasteiger partial charge on any atom is 0.0424 e. The van der Waals surface area contributed by atoms with Crippen molar-refractivity contribution in [3.8, 4) is 0 Å². The fourth-order valence-corrected chi connectivity index (χ4v) is 5.54. The highest BCUT2D eigenvalue weighted by Gasteiger charge is 2.48. The summed E-state index contributed by atoms with van der Waals surface area (Å²) in [7, 11) is 0. The normalized spacial score (nSPS) is 31.3. The summed E-state index contributed by atoms with van der Waals surface area (Å²) >= 11 is 2.11. The Labute approximate surface area is 133 Å². The smallest absolute Gasteiger partial charge is 0.0424 e. The molecule has 2 unspecified atom stereocenters. The fraction of sp³-hybridized carbons (Fsp3) is 0.400. The molecule has 1 aromatic rings. The Morgan fingerprint density at radius 1 is 1.29 bits per heavy atom. The van der Waals surface area contributed by atoms with Crippen LogP contribution in [0.2, 0.25) is 0 Å². The molecule has 1 heterocycles. The second kappa shape index (κ2) is 5.21. The lowest BCUT2D eigenvalue weighted by atomic mass is 9.73. The zero-order valence-corrected chi connectivity index (χ0v) is 14.1. The summed E-state index contributed by atoms with van der Waals surface area (Å²) in [6.45, 7) is 15.6. The van der Waals surface area contributed by atoms with Crippen LogP contribution in [0.5, 0.6) is 0 Å². The molecule has 0 radical (unpaired) electrons. The van der Waals surface area contributed by atoms with Gasteiger partial charge in [0, 0.05) is 10.00 Å². The van der Waals surface area contributed by atoms with Gasteiger partial charge in [-0.1, -0.05) is 44.3 Å². The van der Waals surface area contributed by atoms with Gasteiger partial charge in [0.25, 0.3) is 0 Å². The van der Waals surface area contributed by atoms with Crippen LogP contribution in [-0.2, 0) is 0 Å². The van der Waals surface area contributed by atoms with E-state index in [1.165, 1.54) is 46.3 Å². The monoisotopic (exact) mass is 296 g/mol. The first-order valence-electron chi connectivity index (χ1n) is 7.77. The lowest BCUT2D eigenvalue weighted by Crippen LogP contribution is -2.44. The summed E-state index contributed by atoms with van der Waals surface area (Å²) in [6, 6.07) is 8.63. The van der Waals surface area contributed by atoms with E-state index in [1.807, 2.05) is 0 Å². The maximum absolute atomic E-state index is 4.49. The number of thioether (sulfide) groups is 1. The van der Waals surface area contributed by atoms with Gasteiger partial charge in [0.2, 0.25) is 0 Å². The van der Waals surface area contributed by atoms with E-state index in [4.69, 9.17) is 0 Å². The van der Waals surface area contributed by atoms with Gasteiger partial charge in [0.1, 0.15) is 0 Å². The Bertz CT molecular complexity index is 642. The summed E-state index contributed by atoms with van der Waals surface area (Å²) in [5, 5.41) is 0.771. The lowest BCUT2D eigenvalue weighted by Gasteiger charge is -2.51. The highest BCUT2D eigenvalue weighted by atomic mass is 32.2. The van der Waals surface area contributed by atoms with Crippen LogP contribution in [0, 0.1) is 6.92 Å². The van der Waals surface area contributed by atoms with E-state index in [1.54, 1.807) is 0 Å². The van der Waals surface area contributed by atoms with Crippen molar-refractivity contribution in [3.63, 3.8) is 0 Å². The van der Waals surface area contributed by atoms with Crippen molar-refractivity contribution in [2.24, 2.45) is 0 Å². The largest absolute Gasteiger partial charge is 0.147 e. The van der Waals surface area contributed by atoms with Crippen molar-refractivity contribution in [1.82, 2.24) is 0 Å². The summed E-state index contributed by atoms with van der Waals surface area (Å²) in [5.41, 5.74) is 7.95. The van der Waals surface area contributed by atoms with Crippen LogP contribution in [0.1, 0.15) is 44.2 Å². The Hall–Kier alpha value is -1.21. The standard InChI is InChI=1S/C20H24S/c1-13-8-6-7-9-18(13)16(4)19-14(2)10-11-20(17(19)5)12-15(3)21-20/h6-9,15H,2,5,10-12H2,1,3-4H3/b19-16+. The predicted molar refractivity (Wildman–Crippen MR) is 95.7 cm³/mol. The molecule has 0 bridgehead atoms. The molecule has 2 fully saturated rings. The number of allylic oxidation sites excluding steroid dienone is 3. The van der Waals surface area contributed by atoms with Crippen molar-refractivity contribution in [2.45, 2.75) is 50.0 Å². The highest BCUT2D eigenvalue weighted by Crippen LogP contribution is 2.59. The van der Waals surface area contributed by atoms with Gasteiger partial charge in [0.15, 0.2) is 0 Å². The van der Waals surface area contributed by atoms with Crippen LogP contribution >= 0.6 is 11.8 Å². The van der Waals surface area contributed by atoms with Gasteiger partial charge in [-0.05, 0) is 66.5 Å². The molecule has 2 atom stereocenters. The second-order valence-electron chi connectivity index (χ2n) is 6.52. The van der Waals surface area contributed by atoms with Gasteiger partial charge in [-0.2, -0.15) is 0 Å². The fourth-order valence-electron chi connectivity index (χ4n) is 3.88. The van der Waals surface area contributed by atoms with Crippen molar-refractivity contribution in [2.75, 3.05) is 0 Å². The summed E-state index contributed by atoms with van der Waals surface area (Å²) < 4.78 is 0.292. The van der Waals surface area contributed by atoms with Crippen LogP contribution < -0.4 is 0 Å².